The van der Waals surface area contributed by atoms with Gasteiger partial charge in [-0.15, -0.1) is 0 Å². The average Bonchev–Trinajstić information content (AvgIpc) is 2.79. The Morgan fingerprint density at radius 1 is 1.38 bits per heavy atom. The molecule has 118 valence electrons. The molecule has 1 amide bonds. The first-order valence-electron chi connectivity index (χ1n) is 6.56. The number of hydrogen-bond donors (Lipinski definition) is 2. The number of likely N-dealkylation sites (N-methyl/N-ethyl adjacent to an activating group) is 1. The maximum atomic E-state index is 12.6. The van der Waals surface area contributed by atoms with Gasteiger partial charge in [0.05, 0.1) is 12.9 Å². The van der Waals surface area contributed by atoms with Crippen LogP contribution >= 0.6 is 0 Å². The fraction of sp³-hybridized carbons (Fsp3) is 0.636. The van der Waals surface area contributed by atoms with Crippen molar-refractivity contribution in [1.29, 1.82) is 0 Å². The number of anilines is 1. The Morgan fingerprint density at radius 2 is 2.00 bits per heavy atom. The number of imidazole rings is 1. The third kappa shape index (κ3) is 3.17. The molecule has 1 aliphatic heterocycles. The van der Waals surface area contributed by atoms with Gasteiger partial charge in [-0.2, -0.15) is 4.31 Å². The van der Waals surface area contributed by atoms with E-state index in [-0.39, 0.29) is 23.3 Å². The number of aryl methyl sites for hydroxylation is 1. The van der Waals surface area contributed by atoms with Crippen LogP contribution in [-0.2, 0) is 21.9 Å². The number of hydrogen-bond acceptors (Lipinski definition) is 6. The quantitative estimate of drug-likeness (QED) is 0.668. The Balaban J connectivity index is 2.07. The summed E-state index contributed by atoms with van der Waals surface area (Å²) in [6, 6.07) is 0. The van der Waals surface area contributed by atoms with Gasteiger partial charge in [0, 0.05) is 40.3 Å². The third-order valence-corrected chi connectivity index (χ3v) is 5.50. The molecule has 0 aromatic carbocycles. The van der Waals surface area contributed by atoms with Gasteiger partial charge in [-0.3, -0.25) is 9.69 Å². The number of nitrogens with zero attached hydrogens (tertiary/aromatic N) is 4. The van der Waals surface area contributed by atoms with Crippen molar-refractivity contribution in [2.75, 3.05) is 45.5 Å². The highest BCUT2D eigenvalue weighted by Crippen LogP contribution is 2.21. The van der Waals surface area contributed by atoms with Crippen LogP contribution in [0.15, 0.2) is 11.4 Å². The summed E-state index contributed by atoms with van der Waals surface area (Å²) in [5.41, 5.74) is 5.64. The molecule has 3 N–H and O–H groups in total. The molecule has 2 rings (SSSR count). The highest BCUT2D eigenvalue weighted by atomic mass is 32.2. The molecular weight excluding hydrogens is 296 g/mol. The van der Waals surface area contributed by atoms with E-state index in [2.05, 4.69) is 10.3 Å². The van der Waals surface area contributed by atoms with Gasteiger partial charge in [-0.25, -0.2) is 13.4 Å². The summed E-state index contributed by atoms with van der Waals surface area (Å²) in [5, 5.41) is 2.57. The lowest BCUT2D eigenvalue weighted by Crippen LogP contribution is -2.51. The largest absolute Gasteiger partial charge is 0.381 e. The maximum Gasteiger partial charge on any atom is 0.262 e. The Kier molecular flexibility index (Phi) is 4.49. The van der Waals surface area contributed by atoms with Crippen LogP contribution in [0.4, 0.5) is 5.82 Å². The van der Waals surface area contributed by atoms with Crippen molar-refractivity contribution in [3.8, 4) is 0 Å². The van der Waals surface area contributed by atoms with E-state index >= 15 is 0 Å². The summed E-state index contributed by atoms with van der Waals surface area (Å²) in [6.45, 7) is 1.93. The Bertz CT molecular complexity index is 598. The lowest BCUT2D eigenvalue weighted by atomic mass is 10.3. The Hall–Kier alpha value is -1.65. The number of nitrogens with two attached hydrogens (primary N) is 1. The highest BCUT2D eigenvalue weighted by molar-refractivity contribution is 7.89. The SMILES string of the molecule is CNC(=O)CN1CCN(S(=O)(=O)c2c(N)ncn2C)CC1. The molecule has 0 bridgehead atoms. The molecule has 0 spiro atoms. The number of piperazine rings is 1. The maximum absolute atomic E-state index is 12.6. The van der Waals surface area contributed by atoms with Crippen LogP contribution in [-0.4, -0.2) is 72.9 Å². The molecule has 0 unspecified atom stereocenters. The summed E-state index contributed by atoms with van der Waals surface area (Å²) < 4.78 is 27.9. The van der Waals surface area contributed by atoms with Crippen LogP contribution in [0.3, 0.4) is 0 Å². The van der Waals surface area contributed by atoms with Gasteiger partial charge in [-0.1, -0.05) is 0 Å². The number of aromatic nitrogens is 2. The van der Waals surface area contributed by atoms with Crippen molar-refractivity contribution in [2.24, 2.45) is 7.05 Å². The smallest absolute Gasteiger partial charge is 0.262 e. The standard InChI is InChI=1S/C11H20N6O3S/c1-13-9(18)7-16-3-5-17(6-4-16)21(19,20)11-10(12)14-8-15(11)2/h8H,3-7,12H2,1-2H3,(H,13,18). The van der Waals surface area contributed by atoms with Gasteiger partial charge in [0.2, 0.25) is 5.91 Å². The van der Waals surface area contributed by atoms with Gasteiger partial charge in [0.1, 0.15) is 0 Å². The molecule has 9 nitrogen and oxygen atoms in total. The van der Waals surface area contributed by atoms with Crippen LogP contribution in [0.25, 0.3) is 0 Å². The van der Waals surface area contributed by atoms with Crippen molar-refractivity contribution in [1.82, 2.24) is 24.1 Å². The molecular formula is C11H20N6O3S. The third-order valence-electron chi connectivity index (χ3n) is 3.47. The molecule has 1 fully saturated rings. The topological polar surface area (TPSA) is 114 Å². The minimum atomic E-state index is -3.66. The van der Waals surface area contributed by atoms with E-state index < -0.39 is 10.0 Å². The van der Waals surface area contributed by atoms with Crippen molar-refractivity contribution < 1.29 is 13.2 Å². The van der Waals surface area contributed by atoms with Crippen molar-refractivity contribution in [2.45, 2.75) is 5.03 Å². The van der Waals surface area contributed by atoms with E-state index in [0.717, 1.165) is 0 Å². The first-order chi connectivity index (χ1) is 9.86. The minimum absolute atomic E-state index is 0.00490. The molecule has 1 aromatic rings. The molecule has 0 atom stereocenters. The fourth-order valence-electron chi connectivity index (χ4n) is 2.28. The zero-order valence-electron chi connectivity index (χ0n) is 12.1. The second-order valence-electron chi connectivity index (χ2n) is 4.90. The predicted octanol–water partition coefficient (Wildman–Crippen LogP) is -1.95. The second-order valence-corrected chi connectivity index (χ2v) is 6.75. The number of amides is 1. The minimum Gasteiger partial charge on any atom is -0.381 e. The Morgan fingerprint density at radius 3 is 2.48 bits per heavy atom. The number of nitrogen functional groups attached to an aromatic ring is 1. The van der Waals surface area contributed by atoms with Crippen molar-refractivity contribution in [3.05, 3.63) is 6.33 Å². The summed E-state index contributed by atoms with van der Waals surface area (Å²) >= 11 is 0. The zero-order chi connectivity index (χ0) is 15.6. The molecule has 1 aromatic heterocycles. The summed E-state index contributed by atoms with van der Waals surface area (Å²) in [5.74, 6) is -0.0764. The van der Waals surface area contributed by atoms with Crippen molar-refractivity contribution >= 4 is 21.7 Å². The number of nitrogens with one attached hydrogen (secondary N) is 1. The number of carbonyl (C=O) groups excluding carboxylic acids is 1. The molecule has 10 heteroatoms. The van der Waals surface area contributed by atoms with E-state index in [1.54, 1.807) is 14.1 Å². The zero-order valence-corrected chi connectivity index (χ0v) is 12.9. The molecule has 1 aliphatic rings. The summed E-state index contributed by atoms with van der Waals surface area (Å²) in [6.07, 6.45) is 1.38. The first kappa shape index (κ1) is 15.7. The van der Waals surface area contributed by atoms with Crippen LogP contribution < -0.4 is 11.1 Å². The molecule has 0 radical (unpaired) electrons. The number of carbonyl (C=O) groups is 1. The Labute approximate surface area is 123 Å². The predicted molar refractivity (Wildman–Crippen MR) is 76.9 cm³/mol. The van der Waals surface area contributed by atoms with E-state index in [1.807, 2.05) is 4.90 Å². The van der Waals surface area contributed by atoms with Gasteiger partial charge >= 0.3 is 0 Å². The monoisotopic (exact) mass is 316 g/mol. The second kappa shape index (κ2) is 6.00. The van der Waals surface area contributed by atoms with Crippen LogP contribution in [0.1, 0.15) is 0 Å². The summed E-state index contributed by atoms with van der Waals surface area (Å²) in [4.78, 5) is 17.1. The molecule has 1 saturated heterocycles. The normalized spacial score (nSPS) is 17.8. The lowest BCUT2D eigenvalue weighted by Gasteiger charge is -2.33. The van der Waals surface area contributed by atoms with E-state index in [0.29, 0.717) is 26.2 Å². The van der Waals surface area contributed by atoms with E-state index in [1.165, 1.54) is 15.2 Å². The lowest BCUT2D eigenvalue weighted by molar-refractivity contribution is -0.122. The highest BCUT2D eigenvalue weighted by Gasteiger charge is 2.32. The van der Waals surface area contributed by atoms with Crippen LogP contribution in [0.5, 0.6) is 0 Å². The molecule has 0 aliphatic carbocycles. The van der Waals surface area contributed by atoms with Gasteiger partial charge in [0.25, 0.3) is 10.0 Å². The van der Waals surface area contributed by atoms with E-state index in [9.17, 15) is 13.2 Å². The van der Waals surface area contributed by atoms with Gasteiger partial charge < -0.3 is 15.6 Å². The molecule has 21 heavy (non-hydrogen) atoms. The van der Waals surface area contributed by atoms with Crippen molar-refractivity contribution in [3.63, 3.8) is 0 Å². The fourth-order valence-corrected chi connectivity index (χ4v) is 3.90. The summed E-state index contributed by atoms with van der Waals surface area (Å²) in [7, 11) is -0.483. The average molecular weight is 316 g/mol. The van der Waals surface area contributed by atoms with Gasteiger partial charge in [0.15, 0.2) is 10.8 Å². The molecule has 0 saturated carbocycles. The molecule has 2 heterocycles. The number of sulfonamides is 1. The number of rotatable bonds is 4. The van der Waals surface area contributed by atoms with Crippen LogP contribution in [0, 0.1) is 0 Å². The van der Waals surface area contributed by atoms with Gasteiger partial charge in [-0.05, 0) is 0 Å². The van der Waals surface area contributed by atoms with Crippen LogP contribution in [0.2, 0.25) is 0 Å². The van der Waals surface area contributed by atoms with E-state index in [4.69, 9.17) is 5.73 Å². The first-order valence-corrected chi connectivity index (χ1v) is 8.00.